The van der Waals surface area contributed by atoms with Crippen LogP contribution in [0.3, 0.4) is 0 Å². The number of nitrogens with zero attached hydrogens (tertiary/aromatic N) is 5. The highest BCUT2D eigenvalue weighted by molar-refractivity contribution is 5.79. The summed E-state index contributed by atoms with van der Waals surface area (Å²) in [6.45, 7) is 14.9. The molecule has 0 spiro atoms. The lowest BCUT2D eigenvalue weighted by Gasteiger charge is -2.40. The number of aromatic nitrogens is 2. The summed E-state index contributed by atoms with van der Waals surface area (Å²) in [5, 5.41) is 0. The number of carbonyl (C=O) groups excluding carboxylic acids is 1. The zero-order chi connectivity index (χ0) is 24.5. The Morgan fingerprint density at radius 2 is 1.69 bits per heavy atom. The molecule has 1 aromatic heterocycles. The third-order valence-corrected chi connectivity index (χ3v) is 7.75. The first kappa shape index (κ1) is 23.9. The fourth-order valence-electron chi connectivity index (χ4n) is 6.10. The van der Waals surface area contributed by atoms with Gasteiger partial charge in [0.1, 0.15) is 5.82 Å². The number of likely N-dealkylation sites (tertiary alicyclic amines) is 1. The molecular formula is C29H39N5O. The molecule has 0 saturated carbocycles. The number of anilines is 1. The van der Waals surface area contributed by atoms with E-state index in [0.29, 0.717) is 11.9 Å². The van der Waals surface area contributed by atoms with E-state index in [1.165, 1.54) is 22.3 Å². The number of benzene rings is 2. The molecule has 1 amide bonds. The van der Waals surface area contributed by atoms with Crippen LogP contribution in [-0.4, -0.2) is 64.5 Å². The standard InChI is InChI=1S/C29H39N5O/c1-21(2)34-26-13-6-5-12-25(26)30-27(34)20-31-14-8-11-24(19-31)29(35)33-17-15-32(16-18-33)28-22(3)9-7-10-23(28)4/h5-7,9-10,12-13,21,24H,8,11,14-20H2,1-4H3/t24-/m0/s1. The number of hydrogen-bond donors (Lipinski definition) is 0. The van der Waals surface area contributed by atoms with E-state index in [1.807, 2.05) is 0 Å². The monoisotopic (exact) mass is 473 g/mol. The summed E-state index contributed by atoms with van der Waals surface area (Å²) in [5.74, 6) is 1.54. The van der Waals surface area contributed by atoms with Gasteiger partial charge in [-0.05, 0) is 70.3 Å². The molecule has 2 aromatic carbocycles. The Morgan fingerprint density at radius 3 is 2.40 bits per heavy atom. The molecule has 0 aliphatic carbocycles. The molecule has 186 valence electrons. The number of imidazole rings is 1. The van der Waals surface area contributed by atoms with Gasteiger partial charge in [-0.25, -0.2) is 4.98 Å². The van der Waals surface area contributed by atoms with Crippen LogP contribution >= 0.6 is 0 Å². The number of aryl methyl sites for hydroxylation is 2. The summed E-state index contributed by atoms with van der Waals surface area (Å²) in [7, 11) is 0. The van der Waals surface area contributed by atoms with Crippen LogP contribution in [0, 0.1) is 19.8 Å². The lowest BCUT2D eigenvalue weighted by molar-refractivity contribution is -0.137. The molecule has 0 unspecified atom stereocenters. The fourth-order valence-corrected chi connectivity index (χ4v) is 6.10. The van der Waals surface area contributed by atoms with Crippen molar-refractivity contribution in [1.29, 1.82) is 0 Å². The second-order valence-electron chi connectivity index (χ2n) is 10.6. The van der Waals surface area contributed by atoms with E-state index in [9.17, 15) is 4.79 Å². The Hall–Kier alpha value is -2.86. The molecule has 6 heteroatoms. The topological polar surface area (TPSA) is 44.6 Å². The molecule has 6 nitrogen and oxygen atoms in total. The normalized spacial score (nSPS) is 19.6. The van der Waals surface area contributed by atoms with Crippen molar-refractivity contribution in [1.82, 2.24) is 19.4 Å². The van der Waals surface area contributed by atoms with E-state index >= 15 is 0 Å². The minimum Gasteiger partial charge on any atom is -0.368 e. The highest BCUT2D eigenvalue weighted by Crippen LogP contribution is 2.28. The minimum absolute atomic E-state index is 0.0902. The fraction of sp³-hybridized carbons (Fsp3) is 0.517. The SMILES string of the molecule is Cc1cccc(C)c1N1CCN(C(=O)[C@H]2CCCN(Cc3nc4ccccc4n3C(C)C)C2)CC1. The van der Waals surface area contributed by atoms with Crippen LogP contribution in [0.1, 0.15) is 49.7 Å². The van der Waals surface area contributed by atoms with Gasteiger partial charge in [0, 0.05) is 44.5 Å². The van der Waals surface area contributed by atoms with Gasteiger partial charge in [0.15, 0.2) is 0 Å². The Labute approximate surface area is 209 Å². The molecular weight excluding hydrogens is 434 g/mol. The summed E-state index contributed by atoms with van der Waals surface area (Å²) in [4.78, 5) is 25.5. The van der Waals surface area contributed by atoms with Crippen LogP contribution in [-0.2, 0) is 11.3 Å². The van der Waals surface area contributed by atoms with Gasteiger partial charge in [0.05, 0.1) is 23.5 Å². The van der Waals surface area contributed by atoms with E-state index in [-0.39, 0.29) is 5.92 Å². The molecule has 2 saturated heterocycles. The van der Waals surface area contributed by atoms with Crippen LogP contribution in [0.2, 0.25) is 0 Å². The quantitative estimate of drug-likeness (QED) is 0.534. The highest BCUT2D eigenvalue weighted by atomic mass is 16.2. The average molecular weight is 474 g/mol. The van der Waals surface area contributed by atoms with Crippen molar-refractivity contribution in [3.05, 3.63) is 59.4 Å². The molecule has 5 rings (SSSR count). The minimum atomic E-state index is 0.0902. The summed E-state index contributed by atoms with van der Waals surface area (Å²) >= 11 is 0. The van der Waals surface area contributed by atoms with E-state index in [0.717, 1.165) is 70.0 Å². The van der Waals surface area contributed by atoms with Crippen molar-refractivity contribution in [2.24, 2.45) is 5.92 Å². The molecule has 2 aliphatic rings. The summed E-state index contributed by atoms with van der Waals surface area (Å²) < 4.78 is 2.35. The number of piperazine rings is 1. The second kappa shape index (κ2) is 10.0. The van der Waals surface area contributed by atoms with Crippen molar-refractivity contribution in [3.8, 4) is 0 Å². The smallest absolute Gasteiger partial charge is 0.227 e. The first-order valence-corrected chi connectivity index (χ1v) is 13.2. The predicted octanol–water partition coefficient (Wildman–Crippen LogP) is 4.79. The lowest BCUT2D eigenvalue weighted by atomic mass is 9.96. The Bertz CT molecular complexity index is 1170. The van der Waals surface area contributed by atoms with Crippen molar-refractivity contribution in [3.63, 3.8) is 0 Å². The zero-order valence-electron chi connectivity index (χ0n) is 21.7. The molecule has 3 aromatic rings. The Balaban J connectivity index is 1.23. The van der Waals surface area contributed by atoms with Crippen LogP contribution < -0.4 is 4.90 Å². The van der Waals surface area contributed by atoms with Crippen LogP contribution in [0.15, 0.2) is 42.5 Å². The molecule has 0 bridgehead atoms. The van der Waals surface area contributed by atoms with E-state index in [1.54, 1.807) is 0 Å². The summed E-state index contributed by atoms with van der Waals surface area (Å²) in [6.07, 6.45) is 2.06. The van der Waals surface area contributed by atoms with Crippen LogP contribution in [0.5, 0.6) is 0 Å². The molecule has 1 atom stereocenters. The van der Waals surface area contributed by atoms with E-state index in [4.69, 9.17) is 4.98 Å². The maximum absolute atomic E-state index is 13.5. The molecule has 35 heavy (non-hydrogen) atoms. The lowest BCUT2D eigenvalue weighted by Crippen LogP contribution is -2.52. The second-order valence-corrected chi connectivity index (χ2v) is 10.6. The van der Waals surface area contributed by atoms with Gasteiger partial charge in [-0.3, -0.25) is 9.69 Å². The third-order valence-electron chi connectivity index (χ3n) is 7.75. The number of amides is 1. The zero-order valence-corrected chi connectivity index (χ0v) is 21.7. The maximum atomic E-state index is 13.5. The van der Waals surface area contributed by atoms with Crippen molar-refractivity contribution >= 4 is 22.6 Å². The van der Waals surface area contributed by atoms with Gasteiger partial charge >= 0.3 is 0 Å². The molecule has 3 heterocycles. The number of fused-ring (bicyclic) bond motifs is 1. The number of carbonyl (C=O) groups is 1. The molecule has 0 radical (unpaired) electrons. The maximum Gasteiger partial charge on any atom is 0.227 e. The van der Waals surface area contributed by atoms with Gasteiger partial charge in [0.2, 0.25) is 5.91 Å². The Morgan fingerprint density at radius 1 is 0.971 bits per heavy atom. The van der Waals surface area contributed by atoms with Gasteiger partial charge in [-0.2, -0.15) is 0 Å². The predicted molar refractivity (Wildman–Crippen MR) is 143 cm³/mol. The first-order chi connectivity index (χ1) is 16.9. The van der Waals surface area contributed by atoms with Gasteiger partial charge < -0.3 is 14.4 Å². The largest absolute Gasteiger partial charge is 0.368 e. The number of hydrogen-bond acceptors (Lipinski definition) is 4. The van der Waals surface area contributed by atoms with Gasteiger partial charge in [-0.1, -0.05) is 30.3 Å². The number of piperidine rings is 1. The highest BCUT2D eigenvalue weighted by Gasteiger charge is 2.32. The van der Waals surface area contributed by atoms with Crippen molar-refractivity contribution in [2.75, 3.05) is 44.2 Å². The van der Waals surface area contributed by atoms with Crippen molar-refractivity contribution < 1.29 is 4.79 Å². The number of rotatable bonds is 5. The average Bonchev–Trinajstić information content (AvgIpc) is 3.22. The van der Waals surface area contributed by atoms with Gasteiger partial charge in [0.25, 0.3) is 0 Å². The van der Waals surface area contributed by atoms with E-state index in [2.05, 4.69) is 89.4 Å². The number of para-hydroxylation sites is 3. The third kappa shape index (κ3) is 4.81. The van der Waals surface area contributed by atoms with Crippen molar-refractivity contribution in [2.45, 2.75) is 53.1 Å². The summed E-state index contributed by atoms with van der Waals surface area (Å²) in [5.41, 5.74) is 6.24. The van der Waals surface area contributed by atoms with Crippen LogP contribution in [0.4, 0.5) is 5.69 Å². The summed E-state index contributed by atoms with van der Waals surface area (Å²) in [6, 6.07) is 15.2. The van der Waals surface area contributed by atoms with Crippen LogP contribution in [0.25, 0.3) is 11.0 Å². The van der Waals surface area contributed by atoms with E-state index < -0.39 is 0 Å². The Kier molecular flexibility index (Phi) is 6.83. The van der Waals surface area contributed by atoms with Gasteiger partial charge in [-0.15, -0.1) is 0 Å². The molecule has 2 fully saturated rings. The first-order valence-electron chi connectivity index (χ1n) is 13.2. The molecule has 2 aliphatic heterocycles. The molecule has 0 N–H and O–H groups in total.